The first-order valence-corrected chi connectivity index (χ1v) is 7.95. The molecule has 0 aliphatic heterocycles. The standard InChI is InChI=1S/C17H20F3NO2/c18-17(19,20)12-4-1-3-11(9-12)16(7-8-16)10-21-15(23)13-5-2-6-14(13)22/h1,3-4,9,13-14,22H,2,5-8,10H2,(H,21,23). The molecule has 0 radical (unpaired) electrons. The highest BCUT2D eigenvalue weighted by Crippen LogP contribution is 2.48. The molecule has 126 valence electrons. The zero-order chi connectivity index (χ0) is 16.7. The highest BCUT2D eigenvalue weighted by atomic mass is 19.4. The molecule has 1 aromatic carbocycles. The van der Waals surface area contributed by atoms with Gasteiger partial charge in [-0.1, -0.05) is 18.2 Å². The van der Waals surface area contributed by atoms with Gasteiger partial charge in [0, 0.05) is 12.0 Å². The van der Waals surface area contributed by atoms with E-state index in [1.165, 1.54) is 12.1 Å². The van der Waals surface area contributed by atoms with Gasteiger partial charge in [0.15, 0.2) is 0 Å². The molecule has 2 atom stereocenters. The lowest BCUT2D eigenvalue weighted by Crippen LogP contribution is -2.39. The van der Waals surface area contributed by atoms with Gasteiger partial charge in [-0.05, 0) is 43.7 Å². The summed E-state index contributed by atoms with van der Waals surface area (Å²) in [5.74, 6) is -0.569. The Morgan fingerprint density at radius 1 is 1.30 bits per heavy atom. The van der Waals surface area contributed by atoms with Crippen LogP contribution in [-0.4, -0.2) is 23.7 Å². The smallest absolute Gasteiger partial charge is 0.392 e. The van der Waals surface area contributed by atoms with Crippen molar-refractivity contribution < 1.29 is 23.1 Å². The van der Waals surface area contributed by atoms with Crippen LogP contribution in [0.4, 0.5) is 13.2 Å². The molecular weight excluding hydrogens is 307 g/mol. The average molecular weight is 327 g/mol. The number of amides is 1. The molecule has 2 N–H and O–H groups in total. The Morgan fingerprint density at radius 2 is 2.04 bits per heavy atom. The summed E-state index contributed by atoms with van der Waals surface area (Å²) in [7, 11) is 0. The second kappa shape index (κ2) is 5.82. The van der Waals surface area contributed by atoms with Gasteiger partial charge in [-0.3, -0.25) is 4.79 Å². The molecule has 2 unspecified atom stereocenters. The Labute approximate surface area is 132 Å². The van der Waals surface area contributed by atoms with E-state index in [1.807, 2.05) is 0 Å². The van der Waals surface area contributed by atoms with Crippen LogP contribution < -0.4 is 5.32 Å². The number of hydrogen-bond acceptors (Lipinski definition) is 2. The van der Waals surface area contributed by atoms with Crippen LogP contribution in [0.15, 0.2) is 24.3 Å². The Balaban J connectivity index is 1.67. The zero-order valence-corrected chi connectivity index (χ0v) is 12.7. The Bertz CT molecular complexity index is 596. The van der Waals surface area contributed by atoms with E-state index >= 15 is 0 Å². The summed E-state index contributed by atoms with van der Waals surface area (Å²) in [6.45, 7) is 0.330. The molecule has 0 spiro atoms. The van der Waals surface area contributed by atoms with Crippen LogP contribution in [0.1, 0.15) is 43.2 Å². The maximum absolute atomic E-state index is 12.8. The van der Waals surface area contributed by atoms with Crippen molar-refractivity contribution in [2.75, 3.05) is 6.54 Å². The number of nitrogens with one attached hydrogen (secondary N) is 1. The van der Waals surface area contributed by atoms with Gasteiger partial charge in [0.2, 0.25) is 5.91 Å². The summed E-state index contributed by atoms with van der Waals surface area (Å²) < 4.78 is 38.5. The van der Waals surface area contributed by atoms with Crippen molar-refractivity contribution in [3.05, 3.63) is 35.4 Å². The SMILES string of the molecule is O=C(NCC1(c2cccc(C(F)(F)F)c2)CC1)C1CCCC1O. The molecule has 2 saturated carbocycles. The van der Waals surface area contributed by atoms with Crippen molar-refractivity contribution in [2.45, 2.75) is 49.8 Å². The minimum Gasteiger partial charge on any atom is -0.392 e. The molecule has 6 heteroatoms. The largest absolute Gasteiger partial charge is 0.416 e. The van der Waals surface area contributed by atoms with E-state index in [-0.39, 0.29) is 17.2 Å². The van der Waals surface area contributed by atoms with Gasteiger partial charge >= 0.3 is 6.18 Å². The molecule has 1 amide bonds. The highest BCUT2D eigenvalue weighted by molar-refractivity contribution is 5.79. The second-order valence-electron chi connectivity index (χ2n) is 6.68. The number of hydrogen-bond donors (Lipinski definition) is 2. The van der Waals surface area contributed by atoms with E-state index < -0.39 is 17.8 Å². The quantitative estimate of drug-likeness (QED) is 0.893. The number of carbonyl (C=O) groups is 1. The number of halogens is 3. The van der Waals surface area contributed by atoms with Crippen LogP contribution >= 0.6 is 0 Å². The summed E-state index contributed by atoms with van der Waals surface area (Å²) in [6.07, 6.45) is -1.29. The molecule has 3 nitrogen and oxygen atoms in total. The number of carbonyl (C=O) groups excluding carboxylic acids is 1. The maximum Gasteiger partial charge on any atom is 0.416 e. The van der Waals surface area contributed by atoms with E-state index in [4.69, 9.17) is 0 Å². The zero-order valence-electron chi connectivity index (χ0n) is 12.7. The van der Waals surface area contributed by atoms with E-state index in [2.05, 4.69) is 5.32 Å². The average Bonchev–Trinajstić information content (AvgIpc) is 3.19. The third-order valence-corrected chi connectivity index (χ3v) is 5.07. The monoisotopic (exact) mass is 327 g/mol. The number of benzene rings is 1. The molecular formula is C17H20F3NO2. The third kappa shape index (κ3) is 3.37. The summed E-state index contributed by atoms with van der Waals surface area (Å²) in [5, 5.41) is 12.6. The number of rotatable bonds is 4. The van der Waals surface area contributed by atoms with Crippen molar-refractivity contribution in [1.29, 1.82) is 0 Å². The topological polar surface area (TPSA) is 49.3 Å². The molecule has 0 aromatic heterocycles. The van der Waals surface area contributed by atoms with E-state index in [9.17, 15) is 23.1 Å². The summed E-state index contributed by atoms with van der Waals surface area (Å²) in [5.41, 5.74) is -0.418. The van der Waals surface area contributed by atoms with Gasteiger partial charge in [-0.15, -0.1) is 0 Å². The van der Waals surface area contributed by atoms with Crippen LogP contribution in [0, 0.1) is 5.92 Å². The van der Waals surface area contributed by atoms with Crippen LogP contribution in [0.2, 0.25) is 0 Å². The molecule has 0 saturated heterocycles. The van der Waals surface area contributed by atoms with Gasteiger partial charge in [0.1, 0.15) is 0 Å². The van der Waals surface area contributed by atoms with E-state index in [1.54, 1.807) is 6.07 Å². The van der Waals surface area contributed by atoms with Gasteiger partial charge < -0.3 is 10.4 Å². The summed E-state index contributed by atoms with van der Waals surface area (Å²) >= 11 is 0. The van der Waals surface area contributed by atoms with Gasteiger partial charge in [0.05, 0.1) is 17.6 Å². The number of aliphatic hydroxyl groups is 1. The van der Waals surface area contributed by atoms with E-state index in [0.717, 1.165) is 25.3 Å². The molecule has 0 heterocycles. The summed E-state index contributed by atoms with van der Waals surface area (Å²) in [6, 6.07) is 5.36. The van der Waals surface area contributed by atoms with Crippen molar-refractivity contribution in [3.8, 4) is 0 Å². The van der Waals surface area contributed by atoms with E-state index in [0.29, 0.717) is 24.9 Å². The Morgan fingerprint density at radius 3 is 2.61 bits per heavy atom. The Kier molecular flexibility index (Phi) is 4.12. The van der Waals surface area contributed by atoms with Crippen molar-refractivity contribution >= 4 is 5.91 Å². The van der Waals surface area contributed by atoms with Crippen LogP contribution in [0.5, 0.6) is 0 Å². The van der Waals surface area contributed by atoms with Gasteiger partial charge in [0.25, 0.3) is 0 Å². The number of aliphatic hydroxyl groups excluding tert-OH is 1. The minimum absolute atomic E-state index is 0.187. The maximum atomic E-state index is 12.8. The molecule has 2 aliphatic carbocycles. The molecule has 3 rings (SSSR count). The normalized spacial score (nSPS) is 26.1. The third-order valence-electron chi connectivity index (χ3n) is 5.07. The predicted octanol–water partition coefficient (Wildman–Crippen LogP) is 3.01. The lowest BCUT2D eigenvalue weighted by atomic mass is 9.93. The molecule has 0 bridgehead atoms. The van der Waals surface area contributed by atoms with Crippen LogP contribution in [-0.2, 0) is 16.4 Å². The fraction of sp³-hybridized carbons (Fsp3) is 0.588. The predicted molar refractivity (Wildman–Crippen MR) is 78.7 cm³/mol. The van der Waals surface area contributed by atoms with Crippen LogP contribution in [0.3, 0.4) is 0 Å². The van der Waals surface area contributed by atoms with Crippen molar-refractivity contribution in [2.24, 2.45) is 5.92 Å². The lowest BCUT2D eigenvalue weighted by Gasteiger charge is -2.20. The fourth-order valence-electron chi connectivity index (χ4n) is 3.38. The molecule has 2 aliphatic rings. The molecule has 2 fully saturated rings. The first kappa shape index (κ1) is 16.3. The van der Waals surface area contributed by atoms with Gasteiger partial charge in [-0.2, -0.15) is 13.2 Å². The minimum atomic E-state index is -4.36. The molecule has 1 aromatic rings. The molecule has 23 heavy (non-hydrogen) atoms. The summed E-state index contributed by atoms with van der Waals surface area (Å²) in [4.78, 5) is 12.1. The first-order valence-electron chi connectivity index (χ1n) is 7.95. The fourth-order valence-corrected chi connectivity index (χ4v) is 3.38. The highest BCUT2D eigenvalue weighted by Gasteiger charge is 2.46. The van der Waals surface area contributed by atoms with Crippen molar-refractivity contribution in [3.63, 3.8) is 0 Å². The Hall–Kier alpha value is -1.56. The first-order chi connectivity index (χ1) is 10.8. The van der Waals surface area contributed by atoms with Crippen molar-refractivity contribution in [1.82, 2.24) is 5.32 Å². The second-order valence-corrected chi connectivity index (χ2v) is 6.68. The van der Waals surface area contributed by atoms with Gasteiger partial charge in [-0.25, -0.2) is 0 Å². The number of alkyl halides is 3. The van der Waals surface area contributed by atoms with Crippen LogP contribution in [0.25, 0.3) is 0 Å². The lowest BCUT2D eigenvalue weighted by molar-refractivity contribution is -0.137.